The molecule has 28 heavy (non-hydrogen) atoms. The van der Waals surface area contributed by atoms with Gasteiger partial charge in [-0.05, 0) is 31.0 Å². The Balaban J connectivity index is 1.94. The normalized spacial score (nSPS) is 16.4. The zero-order chi connectivity index (χ0) is 20.6. The fourth-order valence-electron chi connectivity index (χ4n) is 3.48. The summed E-state index contributed by atoms with van der Waals surface area (Å²) >= 11 is 6.20. The molecule has 1 N–H and O–H groups in total. The summed E-state index contributed by atoms with van der Waals surface area (Å²) in [7, 11) is -3.58. The molecular weight excluding hydrogens is 400 g/mol. The van der Waals surface area contributed by atoms with Crippen LogP contribution in [-0.2, 0) is 14.8 Å². The van der Waals surface area contributed by atoms with Crippen LogP contribution in [0.2, 0.25) is 5.02 Å². The molecule has 0 aromatic heterocycles. The van der Waals surface area contributed by atoms with Gasteiger partial charge in [-0.2, -0.15) is 4.31 Å². The van der Waals surface area contributed by atoms with Gasteiger partial charge in [0, 0.05) is 19.1 Å². The number of nitrogens with one attached hydrogen (secondary N) is 1. The number of nitrogens with zero attached hydrogens (tertiary/aromatic N) is 1. The van der Waals surface area contributed by atoms with E-state index >= 15 is 0 Å². The lowest BCUT2D eigenvalue weighted by atomic mass is 9.97. The van der Waals surface area contributed by atoms with Gasteiger partial charge >= 0.3 is 0 Å². The molecule has 0 saturated heterocycles. The first-order valence-electron chi connectivity index (χ1n) is 10.1. The third-order valence-corrected chi connectivity index (χ3v) is 7.42. The molecule has 0 bridgehead atoms. The topological polar surface area (TPSA) is 75.7 Å². The van der Waals surface area contributed by atoms with E-state index in [0.717, 1.165) is 25.7 Å². The van der Waals surface area contributed by atoms with Crippen LogP contribution in [0.4, 0.5) is 0 Å². The van der Waals surface area contributed by atoms with Crippen molar-refractivity contribution in [3.63, 3.8) is 0 Å². The van der Waals surface area contributed by atoms with E-state index in [2.05, 4.69) is 5.32 Å². The zero-order valence-corrected chi connectivity index (χ0v) is 18.3. The van der Waals surface area contributed by atoms with E-state index in [1.165, 1.54) is 41.8 Å². The maximum atomic E-state index is 12.6. The summed E-state index contributed by atoms with van der Waals surface area (Å²) in [6, 6.07) is 4.54. The Bertz CT molecular complexity index is 743. The molecule has 1 amide bonds. The van der Waals surface area contributed by atoms with Crippen molar-refractivity contribution < 1.29 is 17.9 Å². The van der Waals surface area contributed by atoms with Gasteiger partial charge in [0.1, 0.15) is 5.75 Å². The van der Waals surface area contributed by atoms with Crippen LogP contribution in [-0.4, -0.2) is 44.4 Å². The third-order valence-electron chi connectivity index (χ3n) is 5.08. The second-order valence-electron chi connectivity index (χ2n) is 7.08. The van der Waals surface area contributed by atoms with Crippen molar-refractivity contribution in [2.75, 3.05) is 19.7 Å². The number of halogens is 1. The van der Waals surface area contributed by atoms with Gasteiger partial charge in [-0.1, -0.05) is 57.6 Å². The average molecular weight is 431 g/mol. The lowest BCUT2D eigenvalue weighted by Crippen LogP contribution is -2.38. The van der Waals surface area contributed by atoms with Crippen molar-refractivity contribution in [1.82, 2.24) is 9.62 Å². The van der Waals surface area contributed by atoms with Crippen LogP contribution in [0.5, 0.6) is 5.75 Å². The summed E-state index contributed by atoms with van der Waals surface area (Å²) < 4.78 is 32.0. The molecule has 1 aliphatic carbocycles. The number of hydrogen-bond acceptors (Lipinski definition) is 4. The molecule has 1 aliphatic rings. The average Bonchev–Trinajstić information content (AvgIpc) is 2.63. The van der Waals surface area contributed by atoms with Crippen LogP contribution < -0.4 is 10.1 Å². The molecule has 0 spiro atoms. The summed E-state index contributed by atoms with van der Waals surface area (Å²) in [5.41, 5.74) is 0. The Morgan fingerprint density at radius 1 is 1.14 bits per heavy atom. The Labute approximate surface area is 173 Å². The zero-order valence-electron chi connectivity index (χ0n) is 16.7. The molecular formula is C20H31ClN2O4S. The van der Waals surface area contributed by atoms with Gasteiger partial charge in [-0.3, -0.25) is 4.79 Å². The van der Waals surface area contributed by atoms with E-state index in [0.29, 0.717) is 18.8 Å². The Hall–Kier alpha value is -1.31. The number of rotatable bonds is 8. The summed E-state index contributed by atoms with van der Waals surface area (Å²) in [5, 5.41) is 3.21. The smallest absolute Gasteiger partial charge is 0.258 e. The number of ether oxygens (including phenoxy) is 1. The first-order chi connectivity index (χ1) is 13.4. The molecule has 6 nitrogen and oxygen atoms in total. The molecule has 158 valence electrons. The number of sulfonamides is 1. The number of benzene rings is 1. The van der Waals surface area contributed by atoms with Crippen molar-refractivity contribution in [1.29, 1.82) is 0 Å². The lowest BCUT2D eigenvalue weighted by Gasteiger charge is -2.21. The van der Waals surface area contributed by atoms with Crippen LogP contribution in [0, 0.1) is 0 Å². The van der Waals surface area contributed by atoms with Crippen LogP contribution in [0.1, 0.15) is 58.8 Å². The number of carbonyl (C=O) groups is 1. The van der Waals surface area contributed by atoms with E-state index in [9.17, 15) is 13.2 Å². The highest BCUT2D eigenvalue weighted by molar-refractivity contribution is 7.89. The Kier molecular flexibility index (Phi) is 9.05. The van der Waals surface area contributed by atoms with E-state index in [-0.39, 0.29) is 28.5 Å². The Morgan fingerprint density at radius 3 is 2.32 bits per heavy atom. The molecule has 0 radical (unpaired) electrons. The second-order valence-corrected chi connectivity index (χ2v) is 9.42. The molecule has 8 heteroatoms. The first-order valence-corrected chi connectivity index (χ1v) is 11.9. The molecule has 1 saturated carbocycles. The van der Waals surface area contributed by atoms with Crippen LogP contribution in [0.25, 0.3) is 0 Å². The fourth-order valence-corrected chi connectivity index (χ4v) is 5.27. The van der Waals surface area contributed by atoms with Crippen molar-refractivity contribution in [2.45, 2.75) is 69.7 Å². The highest BCUT2D eigenvalue weighted by atomic mass is 35.5. The van der Waals surface area contributed by atoms with E-state index in [1.807, 2.05) is 0 Å². The maximum absolute atomic E-state index is 12.6. The van der Waals surface area contributed by atoms with E-state index in [1.54, 1.807) is 13.8 Å². The fraction of sp³-hybridized carbons (Fsp3) is 0.650. The number of hydrogen-bond donors (Lipinski definition) is 1. The maximum Gasteiger partial charge on any atom is 0.258 e. The van der Waals surface area contributed by atoms with Gasteiger partial charge in [0.25, 0.3) is 5.91 Å². The number of carbonyl (C=O) groups excluding carboxylic acids is 1. The Morgan fingerprint density at radius 2 is 1.75 bits per heavy atom. The monoisotopic (exact) mass is 430 g/mol. The van der Waals surface area contributed by atoms with Gasteiger partial charge < -0.3 is 10.1 Å². The second kappa shape index (κ2) is 11.0. The van der Waals surface area contributed by atoms with Crippen molar-refractivity contribution in [2.24, 2.45) is 0 Å². The SMILES string of the molecule is CCN(CC)S(=O)(=O)c1ccc(OCC(=O)NC2CCCCCCC2)c(Cl)c1. The standard InChI is InChI=1S/C20H31ClN2O4S/c1-3-23(4-2)28(25,26)17-12-13-19(18(21)14-17)27-15-20(24)22-16-10-8-6-5-7-9-11-16/h12-14,16H,3-11,15H2,1-2H3,(H,22,24). The van der Waals surface area contributed by atoms with Crippen molar-refractivity contribution in [3.05, 3.63) is 23.2 Å². The summed E-state index contributed by atoms with van der Waals surface area (Å²) in [4.78, 5) is 12.3. The first kappa shape index (κ1) is 23.0. The lowest BCUT2D eigenvalue weighted by molar-refractivity contribution is -0.123. The molecule has 2 rings (SSSR count). The summed E-state index contributed by atoms with van der Waals surface area (Å²) in [5.74, 6) is 0.120. The molecule has 0 unspecified atom stereocenters. The number of amides is 1. The molecule has 1 aromatic rings. The minimum absolute atomic E-state index is 0.118. The van der Waals surface area contributed by atoms with Crippen LogP contribution in [0.15, 0.2) is 23.1 Å². The van der Waals surface area contributed by atoms with Gasteiger partial charge in [-0.15, -0.1) is 0 Å². The molecule has 1 aromatic carbocycles. The minimum atomic E-state index is -3.58. The highest BCUT2D eigenvalue weighted by Gasteiger charge is 2.23. The van der Waals surface area contributed by atoms with Gasteiger partial charge in [0.2, 0.25) is 10.0 Å². The van der Waals surface area contributed by atoms with Crippen LogP contribution >= 0.6 is 11.6 Å². The van der Waals surface area contributed by atoms with Crippen molar-refractivity contribution >= 4 is 27.5 Å². The van der Waals surface area contributed by atoms with E-state index < -0.39 is 10.0 Å². The van der Waals surface area contributed by atoms with Gasteiger partial charge in [0.05, 0.1) is 9.92 Å². The van der Waals surface area contributed by atoms with E-state index in [4.69, 9.17) is 16.3 Å². The van der Waals surface area contributed by atoms with Crippen molar-refractivity contribution in [3.8, 4) is 5.75 Å². The quantitative estimate of drug-likeness (QED) is 0.676. The predicted molar refractivity (Wildman–Crippen MR) is 111 cm³/mol. The predicted octanol–water partition coefficient (Wildman–Crippen LogP) is 3.98. The summed E-state index contributed by atoms with van der Waals surface area (Å²) in [6.45, 7) is 4.20. The summed E-state index contributed by atoms with van der Waals surface area (Å²) in [6.07, 6.45) is 8.01. The highest BCUT2D eigenvalue weighted by Crippen LogP contribution is 2.28. The molecule has 1 fully saturated rings. The molecule has 0 atom stereocenters. The van der Waals surface area contributed by atoms with Crippen LogP contribution in [0.3, 0.4) is 0 Å². The van der Waals surface area contributed by atoms with Gasteiger partial charge in [-0.25, -0.2) is 8.42 Å². The third kappa shape index (κ3) is 6.36. The molecule has 0 aliphatic heterocycles. The molecule has 0 heterocycles. The minimum Gasteiger partial charge on any atom is -0.482 e. The van der Waals surface area contributed by atoms with Gasteiger partial charge in [0.15, 0.2) is 6.61 Å². The largest absolute Gasteiger partial charge is 0.482 e.